The molecule has 1 saturated heterocycles. The third kappa shape index (κ3) is 3.04. The van der Waals surface area contributed by atoms with Gasteiger partial charge in [0.15, 0.2) is 5.82 Å². The summed E-state index contributed by atoms with van der Waals surface area (Å²) >= 11 is 15.6. The van der Waals surface area contributed by atoms with Crippen LogP contribution in [0, 0.1) is 17.1 Å². The number of aromatic nitrogens is 1. The maximum atomic E-state index is 14.6. The van der Waals surface area contributed by atoms with E-state index in [1.165, 1.54) is 11.0 Å². The maximum absolute atomic E-state index is 14.6. The van der Waals surface area contributed by atoms with Crippen molar-refractivity contribution in [2.75, 3.05) is 24.5 Å². The topological polar surface area (TPSA) is 80.5 Å². The Morgan fingerprint density at radius 3 is 2.77 bits per heavy atom. The van der Waals surface area contributed by atoms with Gasteiger partial charge >= 0.3 is 6.09 Å². The summed E-state index contributed by atoms with van der Waals surface area (Å²) in [5.74, 6) is -0.630. The normalized spacial score (nSPS) is 17.5. The number of piperazine rings is 1. The molecule has 1 aromatic heterocycles. The molecule has 136 valence electrons. The third-order valence-electron chi connectivity index (χ3n) is 4.34. The number of benzene rings is 1. The van der Waals surface area contributed by atoms with Gasteiger partial charge in [-0.15, -0.1) is 0 Å². The summed E-state index contributed by atoms with van der Waals surface area (Å²) in [5.41, 5.74) is 0.409. The van der Waals surface area contributed by atoms with E-state index in [2.05, 4.69) is 20.9 Å². The minimum Gasteiger partial charge on any atom is -0.465 e. The zero-order chi connectivity index (χ0) is 19.2. The number of carbonyl (C=O) groups is 1. The van der Waals surface area contributed by atoms with Crippen LogP contribution in [0.25, 0.3) is 10.9 Å². The SMILES string of the molecule is CC1CN(c2c(C#N)c(Cl)nc3c(F)c(Br)cc(Cl)c23)CCN1C(=O)O. The quantitative estimate of drug-likeness (QED) is 0.499. The third-order valence-corrected chi connectivity index (χ3v) is 5.49. The van der Waals surface area contributed by atoms with Gasteiger partial charge in [-0.25, -0.2) is 14.2 Å². The van der Waals surface area contributed by atoms with Gasteiger partial charge < -0.3 is 14.9 Å². The van der Waals surface area contributed by atoms with Crippen LogP contribution in [-0.4, -0.2) is 46.8 Å². The molecular weight excluding hydrogens is 450 g/mol. The van der Waals surface area contributed by atoms with E-state index in [0.29, 0.717) is 18.8 Å². The maximum Gasteiger partial charge on any atom is 0.407 e. The smallest absolute Gasteiger partial charge is 0.407 e. The molecule has 0 aliphatic carbocycles. The van der Waals surface area contributed by atoms with Crippen molar-refractivity contribution in [3.8, 4) is 6.07 Å². The van der Waals surface area contributed by atoms with Crippen molar-refractivity contribution < 1.29 is 14.3 Å². The molecule has 0 saturated carbocycles. The number of hydrogen-bond acceptors (Lipinski definition) is 4. The molecule has 1 N–H and O–H groups in total. The fourth-order valence-corrected chi connectivity index (χ4v) is 4.20. The number of halogens is 4. The fraction of sp³-hybridized carbons (Fsp3) is 0.312. The van der Waals surface area contributed by atoms with Crippen LogP contribution in [-0.2, 0) is 0 Å². The van der Waals surface area contributed by atoms with Crippen molar-refractivity contribution in [1.29, 1.82) is 5.26 Å². The Balaban J connectivity index is 2.24. The number of hydrogen-bond donors (Lipinski definition) is 1. The molecule has 1 amide bonds. The Hall–Kier alpha value is -1.82. The van der Waals surface area contributed by atoms with Gasteiger partial charge in [0.05, 0.1) is 15.2 Å². The first-order chi connectivity index (χ1) is 12.3. The zero-order valence-corrected chi connectivity index (χ0v) is 16.5. The Labute approximate surface area is 166 Å². The Morgan fingerprint density at radius 2 is 2.19 bits per heavy atom. The predicted molar refractivity (Wildman–Crippen MR) is 101 cm³/mol. The highest BCUT2D eigenvalue weighted by molar-refractivity contribution is 9.10. The molecule has 2 aromatic rings. The summed E-state index contributed by atoms with van der Waals surface area (Å²) in [5, 5.41) is 19.2. The first-order valence-corrected chi connectivity index (χ1v) is 9.12. The molecule has 1 unspecified atom stereocenters. The lowest BCUT2D eigenvalue weighted by Crippen LogP contribution is -2.54. The van der Waals surface area contributed by atoms with E-state index in [4.69, 9.17) is 23.2 Å². The van der Waals surface area contributed by atoms with Gasteiger partial charge in [0.2, 0.25) is 0 Å². The van der Waals surface area contributed by atoms with Crippen LogP contribution < -0.4 is 4.90 Å². The highest BCUT2D eigenvalue weighted by Crippen LogP contribution is 2.41. The van der Waals surface area contributed by atoms with E-state index < -0.39 is 11.9 Å². The monoisotopic (exact) mass is 460 g/mol. The molecule has 2 heterocycles. The second kappa shape index (κ2) is 7.06. The van der Waals surface area contributed by atoms with Gasteiger partial charge in [-0.2, -0.15) is 5.26 Å². The molecule has 0 spiro atoms. The zero-order valence-electron chi connectivity index (χ0n) is 13.4. The lowest BCUT2D eigenvalue weighted by atomic mass is 10.1. The van der Waals surface area contributed by atoms with Gasteiger partial charge in [0.25, 0.3) is 0 Å². The largest absolute Gasteiger partial charge is 0.465 e. The standard InChI is InChI=1S/C16H12BrCl2FN4O2/c1-7-6-23(2-3-24(7)16(25)26)14-8(5-21)15(19)22-13-11(14)10(18)4-9(17)12(13)20/h4,7H,2-3,6H2,1H3,(H,25,26). The van der Waals surface area contributed by atoms with Crippen molar-refractivity contribution in [2.24, 2.45) is 0 Å². The second-order valence-corrected chi connectivity index (χ2v) is 7.51. The van der Waals surface area contributed by atoms with Crippen molar-refractivity contribution in [1.82, 2.24) is 9.88 Å². The molecule has 10 heteroatoms. The van der Waals surface area contributed by atoms with Crippen molar-refractivity contribution in [3.63, 3.8) is 0 Å². The molecule has 1 atom stereocenters. The average Bonchev–Trinajstić information content (AvgIpc) is 2.58. The summed E-state index contributed by atoms with van der Waals surface area (Å²) in [7, 11) is 0. The Bertz CT molecular complexity index is 966. The fourth-order valence-electron chi connectivity index (χ4n) is 3.15. The average molecular weight is 462 g/mol. The number of amides is 1. The van der Waals surface area contributed by atoms with Crippen LogP contribution in [0.2, 0.25) is 10.2 Å². The van der Waals surface area contributed by atoms with Crippen LogP contribution >= 0.6 is 39.1 Å². The lowest BCUT2D eigenvalue weighted by Gasteiger charge is -2.40. The number of rotatable bonds is 1. The van der Waals surface area contributed by atoms with Gasteiger partial charge in [-0.05, 0) is 28.9 Å². The van der Waals surface area contributed by atoms with E-state index in [9.17, 15) is 19.6 Å². The van der Waals surface area contributed by atoms with Crippen molar-refractivity contribution in [2.45, 2.75) is 13.0 Å². The number of pyridine rings is 1. The molecule has 1 aliphatic rings. The van der Waals surface area contributed by atoms with Crippen LogP contribution in [0.4, 0.5) is 14.9 Å². The number of anilines is 1. The summed E-state index contributed by atoms with van der Waals surface area (Å²) in [6.07, 6.45) is -1.01. The van der Waals surface area contributed by atoms with Crippen LogP contribution in [0.1, 0.15) is 12.5 Å². The predicted octanol–water partition coefficient (Wildman–Crippen LogP) is 4.50. The highest BCUT2D eigenvalue weighted by Gasteiger charge is 2.31. The van der Waals surface area contributed by atoms with Crippen molar-refractivity contribution in [3.05, 3.63) is 32.1 Å². The molecule has 1 aliphatic heterocycles. The number of nitrogens with zero attached hydrogens (tertiary/aromatic N) is 4. The number of nitriles is 1. The first kappa shape index (κ1) is 19.0. The van der Waals surface area contributed by atoms with Crippen LogP contribution in [0.15, 0.2) is 10.5 Å². The molecular formula is C16H12BrCl2FN4O2. The van der Waals surface area contributed by atoms with Gasteiger partial charge in [-0.3, -0.25) is 0 Å². The summed E-state index contributed by atoms with van der Waals surface area (Å²) in [4.78, 5) is 18.4. The van der Waals surface area contributed by atoms with Crippen LogP contribution in [0.5, 0.6) is 0 Å². The summed E-state index contributed by atoms with van der Waals surface area (Å²) < 4.78 is 14.7. The molecule has 3 rings (SSSR count). The van der Waals surface area contributed by atoms with Crippen LogP contribution in [0.3, 0.4) is 0 Å². The van der Waals surface area contributed by atoms with Crippen molar-refractivity contribution >= 4 is 61.8 Å². The minimum atomic E-state index is -1.01. The molecule has 0 bridgehead atoms. The molecule has 1 fully saturated rings. The number of carboxylic acid groups (broad SMARTS) is 1. The lowest BCUT2D eigenvalue weighted by molar-refractivity contribution is 0.123. The van der Waals surface area contributed by atoms with E-state index in [-0.39, 0.29) is 43.7 Å². The minimum absolute atomic E-state index is 0.0447. The van der Waals surface area contributed by atoms with E-state index in [1.807, 2.05) is 6.07 Å². The molecule has 0 radical (unpaired) electrons. The molecule has 1 aromatic carbocycles. The van der Waals surface area contributed by atoms with Gasteiger partial charge in [0, 0.05) is 31.1 Å². The molecule has 26 heavy (non-hydrogen) atoms. The second-order valence-electron chi connectivity index (χ2n) is 5.89. The van der Waals surface area contributed by atoms with E-state index in [1.54, 1.807) is 11.8 Å². The Morgan fingerprint density at radius 1 is 1.50 bits per heavy atom. The van der Waals surface area contributed by atoms with E-state index in [0.717, 1.165) is 0 Å². The first-order valence-electron chi connectivity index (χ1n) is 7.57. The van der Waals surface area contributed by atoms with E-state index >= 15 is 0 Å². The summed E-state index contributed by atoms with van der Waals surface area (Å²) in [6, 6.07) is 3.08. The molecule has 6 nitrogen and oxygen atoms in total. The van der Waals surface area contributed by atoms with Gasteiger partial charge in [-0.1, -0.05) is 23.2 Å². The number of fused-ring (bicyclic) bond motifs is 1. The highest BCUT2D eigenvalue weighted by atomic mass is 79.9. The van der Waals surface area contributed by atoms with Gasteiger partial charge in [0.1, 0.15) is 22.3 Å². The summed E-state index contributed by atoms with van der Waals surface area (Å²) in [6.45, 7) is 2.62. The Kier molecular flexibility index (Phi) is 5.15.